The molecule has 5 heterocycles. The highest BCUT2D eigenvalue weighted by Gasteiger charge is 2.33. The molecule has 1 aromatic carbocycles. The maximum Gasteiger partial charge on any atom is 0.318 e. The number of hydrogen-bond donors (Lipinski definition) is 0. The number of ether oxygens (including phenoxy) is 1. The van der Waals surface area contributed by atoms with E-state index in [-0.39, 0.29) is 23.5 Å². The molecule has 0 N–H and O–H groups in total. The molecule has 2 aromatic heterocycles. The van der Waals surface area contributed by atoms with Crippen molar-refractivity contribution in [2.45, 2.75) is 44.3 Å². The summed E-state index contributed by atoms with van der Waals surface area (Å²) in [5.41, 5.74) is 2.95. The quantitative estimate of drug-likeness (QED) is 0.391. The molecule has 6 rings (SSSR count). The number of piperazine rings is 1. The monoisotopic (exact) mass is 575 g/mol. The number of nitriles is 1. The predicted molar refractivity (Wildman–Crippen MR) is 158 cm³/mol. The molecule has 214 valence electrons. The highest BCUT2D eigenvalue weighted by molar-refractivity contribution is 7.17. The van der Waals surface area contributed by atoms with Crippen LogP contribution in [-0.2, 0) is 17.8 Å². The first-order valence-electron chi connectivity index (χ1n) is 14.2. The number of amides is 1. The van der Waals surface area contributed by atoms with Gasteiger partial charge in [0.05, 0.1) is 30.8 Å². The van der Waals surface area contributed by atoms with Crippen LogP contribution in [0.15, 0.2) is 36.9 Å². The van der Waals surface area contributed by atoms with Gasteiger partial charge in [-0.15, -0.1) is 11.3 Å². The number of rotatable bonds is 7. The molecule has 11 heteroatoms. The van der Waals surface area contributed by atoms with E-state index in [2.05, 4.69) is 34.4 Å². The molecule has 0 spiro atoms. The second-order valence-electron chi connectivity index (χ2n) is 11.0. The summed E-state index contributed by atoms with van der Waals surface area (Å²) in [6.45, 7) is 8.08. The Kier molecular flexibility index (Phi) is 7.77. The Morgan fingerprint density at radius 2 is 2.12 bits per heavy atom. The number of thiophene rings is 1. The Hall–Kier alpha value is -3.75. The number of likely N-dealkylation sites (N-methyl/N-ethyl adjacent to an activating group) is 1. The molecule has 2 fully saturated rings. The number of benzene rings is 1. The molecule has 0 unspecified atom stereocenters. The molecular weight excluding hydrogens is 541 g/mol. The van der Waals surface area contributed by atoms with Gasteiger partial charge in [-0.1, -0.05) is 12.6 Å². The second-order valence-corrected chi connectivity index (χ2v) is 12.0. The fourth-order valence-electron chi connectivity index (χ4n) is 6.31. The standard InChI is InChI=1S/C30H34FN7O2S/c1-3-28(39)38-15-14-37(17-20(38)9-11-32)29-22-10-13-36(25-7-4-8-26-23(25)16-27(31)41-26)18-24(22)33-30(34-29)40-19-21-6-5-12-35(21)2/h3-4,7-8,16,20-21H,1,5-6,9-10,12-15,17-19H2,2H3/t20-,21-/m0/s1. The van der Waals surface area contributed by atoms with Crippen molar-refractivity contribution in [2.75, 3.05) is 56.2 Å². The third-order valence-corrected chi connectivity index (χ3v) is 9.40. The molecule has 1 amide bonds. The molecule has 9 nitrogen and oxygen atoms in total. The normalized spacial score (nSPS) is 21.1. The average molecular weight is 576 g/mol. The number of nitrogens with zero attached hydrogens (tertiary/aromatic N) is 7. The summed E-state index contributed by atoms with van der Waals surface area (Å²) in [6, 6.07) is 10.2. The number of carbonyl (C=O) groups is 1. The largest absolute Gasteiger partial charge is 0.462 e. The van der Waals surface area contributed by atoms with Crippen molar-refractivity contribution >= 4 is 38.8 Å². The lowest BCUT2D eigenvalue weighted by atomic mass is 10.0. The first-order valence-corrected chi connectivity index (χ1v) is 15.0. The van der Waals surface area contributed by atoms with E-state index in [4.69, 9.17) is 14.7 Å². The van der Waals surface area contributed by atoms with E-state index >= 15 is 0 Å². The van der Waals surface area contributed by atoms with E-state index in [0.29, 0.717) is 51.3 Å². The maximum absolute atomic E-state index is 14.2. The van der Waals surface area contributed by atoms with E-state index in [1.165, 1.54) is 6.08 Å². The first kappa shape index (κ1) is 27.4. The van der Waals surface area contributed by atoms with Crippen molar-refractivity contribution in [1.82, 2.24) is 19.8 Å². The number of hydrogen-bond acceptors (Lipinski definition) is 9. The minimum Gasteiger partial charge on any atom is -0.462 e. The number of halogens is 1. The van der Waals surface area contributed by atoms with E-state index in [9.17, 15) is 14.4 Å². The summed E-state index contributed by atoms with van der Waals surface area (Å²) >= 11 is 1.16. The topological polar surface area (TPSA) is 88.8 Å². The van der Waals surface area contributed by atoms with Gasteiger partial charge in [-0.25, -0.2) is 0 Å². The van der Waals surface area contributed by atoms with Gasteiger partial charge < -0.3 is 24.3 Å². The third-order valence-electron chi connectivity index (χ3n) is 8.52. The van der Waals surface area contributed by atoms with Crippen LogP contribution in [0.25, 0.3) is 10.1 Å². The molecule has 3 aliphatic rings. The lowest BCUT2D eigenvalue weighted by molar-refractivity contribution is -0.128. The third kappa shape index (κ3) is 5.46. The summed E-state index contributed by atoms with van der Waals surface area (Å²) in [7, 11) is 2.12. The molecule has 0 saturated carbocycles. The van der Waals surface area contributed by atoms with Gasteiger partial charge in [0.15, 0.2) is 5.13 Å². The molecule has 3 aliphatic heterocycles. The van der Waals surface area contributed by atoms with Crippen LogP contribution in [0.4, 0.5) is 15.9 Å². The van der Waals surface area contributed by atoms with Crippen molar-refractivity contribution in [2.24, 2.45) is 0 Å². The average Bonchev–Trinajstić information content (AvgIpc) is 3.58. The van der Waals surface area contributed by atoms with E-state index < -0.39 is 0 Å². The van der Waals surface area contributed by atoms with Gasteiger partial charge in [-0.05, 0) is 57.1 Å². The summed E-state index contributed by atoms with van der Waals surface area (Å²) < 4.78 is 21.3. The number of fused-ring (bicyclic) bond motifs is 2. The summed E-state index contributed by atoms with van der Waals surface area (Å²) in [5.74, 6) is 0.659. The minimum absolute atomic E-state index is 0.158. The van der Waals surface area contributed by atoms with Crippen LogP contribution in [0.5, 0.6) is 6.01 Å². The van der Waals surface area contributed by atoms with Crippen molar-refractivity contribution in [1.29, 1.82) is 5.26 Å². The number of aromatic nitrogens is 2. The van der Waals surface area contributed by atoms with Crippen LogP contribution >= 0.6 is 11.3 Å². The van der Waals surface area contributed by atoms with Crippen molar-refractivity contribution in [3.05, 3.63) is 53.3 Å². The van der Waals surface area contributed by atoms with Crippen LogP contribution in [0.1, 0.15) is 30.5 Å². The lowest BCUT2D eigenvalue weighted by Crippen LogP contribution is -2.55. The van der Waals surface area contributed by atoms with Crippen LogP contribution in [-0.4, -0.2) is 84.1 Å². The fourth-order valence-corrected chi connectivity index (χ4v) is 7.11. The molecule has 0 bridgehead atoms. The summed E-state index contributed by atoms with van der Waals surface area (Å²) in [5, 5.41) is 10.2. The SMILES string of the molecule is C=CC(=O)N1CCN(c2nc(OC[C@@H]3CCCN3C)nc3c2CCN(c2cccc4sc(F)cc24)C3)C[C@@H]1CC#N. The number of anilines is 2. The van der Waals surface area contributed by atoms with E-state index in [0.717, 1.165) is 70.1 Å². The van der Waals surface area contributed by atoms with Crippen molar-refractivity contribution in [3.63, 3.8) is 0 Å². The summed E-state index contributed by atoms with van der Waals surface area (Å²) in [6.07, 6.45) is 4.49. The first-order chi connectivity index (χ1) is 19.9. The Morgan fingerprint density at radius 1 is 1.24 bits per heavy atom. The van der Waals surface area contributed by atoms with Crippen LogP contribution in [0.2, 0.25) is 0 Å². The zero-order valence-electron chi connectivity index (χ0n) is 23.3. The van der Waals surface area contributed by atoms with Gasteiger partial charge in [0.2, 0.25) is 5.91 Å². The Labute approximate surface area is 243 Å². The highest BCUT2D eigenvalue weighted by atomic mass is 32.1. The number of likely N-dealkylation sites (tertiary alicyclic amines) is 1. The zero-order chi connectivity index (χ0) is 28.5. The van der Waals surface area contributed by atoms with Gasteiger partial charge >= 0.3 is 6.01 Å². The van der Waals surface area contributed by atoms with Gasteiger partial charge in [0.25, 0.3) is 0 Å². The smallest absolute Gasteiger partial charge is 0.318 e. The summed E-state index contributed by atoms with van der Waals surface area (Å²) in [4.78, 5) is 30.8. The minimum atomic E-state index is -0.257. The molecule has 0 aliphatic carbocycles. The lowest BCUT2D eigenvalue weighted by Gasteiger charge is -2.42. The Morgan fingerprint density at radius 3 is 2.90 bits per heavy atom. The Bertz CT molecular complexity index is 1500. The van der Waals surface area contributed by atoms with Crippen molar-refractivity contribution < 1.29 is 13.9 Å². The second kappa shape index (κ2) is 11.6. The van der Waals surface area contributed by atoms with Gasteiger partial charge in [-0.2, -0.15) is 19.6 Å². The predicted octanol–water partition coefficient (Wildman–Crippen LogP) is 3.98. The fraction of sp³-hybridized carbons (Fsp3) is 0.467. The van der Waals surface area contributed by atoms with Crippen LogP contribution < -0.4 is 14.5 Å². The number of carbonyl (C=O) groups excluding carboxylic acids is 1. The maximum atomic E-state index is 14.2. The Balaban J connectivity index is 1.33. The molecule has 2 saturated heterocycles. The molecule has 2 atom stereocenters. The zero-order valence-corrected chi connectivity index (χ0v) is 24.1. The van der Waals surface area contributed by atoms with Crippen molar-refractivity contribution in [3.8, 4) is 12.1 Å². The van der Waals surface area contributed by atoms with E-state index in [1.54, 1.807) is 11.0 Å². The molecule has 0 radical (unpaired) electrons. The van der Waals surface area contributed by atoms with Gasteiger partial charge in [0.1, 0.15) is 12.4 Å². The molecule has 41 heavy (non-hydrogen) atoms. The molecule has 3 aromatic rings. The van der Waals surface area contributed by atoms with Gasteiger partial charge in [0, 0.05) is 53.6 Å². The van der Waals surface area contributed by atoms with E-state index in [1.807, 2.05) is 18.2 Å². The van der Waals surface area contributed by atoms with Gasteiger partial charge in [-0.3, -0.25) is 4.79 Å². The van der Waals surface area contributed by atoms with Crippen LogP contribution in [0.3, 0.4) is 0 Å². The van der Waals surface area contributed by atoms with Crippen LogP contribution in [0, 0.1) is 16.5 Å². The molecular formula is C30H34FN7O2S. The highest BCUT2D eigenvalue weighted by Crippen LogP contribution is 2.37.